The average Bonchev–Trinajstić information content (AvgIpc) is 3.42. The number of aryl methyl sites for hydroxylation is 2. The highest BCUT2D eigenvalue weighted by Gasteiger charge is 2.22. The van der Waals surface area contributed by atoms with Crippen molar-refractivity contribution in [3.05, 3.63) is 52.0 Å². The monoisotopic (exact) mass is 396 g/mol. The summed E-state index contributed by atoms with van der Waals surface area (Å²) >= 11 is 1.20. The molecular formula is C19H16N4O4S. The maximum Gasteiger partial charge on any atom is 0.350 e. The summed E-state index contributed by atoms with van der Waals surface area (Å²) in [5, 5.41) is 9.54. The van der Waals surface area contributed by atoms with Crippen LogP contribution in [-0.2, 0) is 11.8 Å². The number of rotatable bonds is 4. The highest BCUT2D eigenvalue weighted by Crippen LogP contribution is 2.29. The quantitative estimate of drug-likeness (QED) is 0.529. The molecule has 0 aliphatic carbocycles. The van der Waals surface area contributed by atoms with Crippen LogP contribution in [0.1, 0.15) is 25.7 Å². The van der Waals surface area contributed by atoms with Crippen LogP contribution in [0.4, 0.5) is 5.69 Å². The zero-order valence-corrected chi connectivity index (χ0v) is 16.2. The third kappa shape index (κ3) is 2.95. The van der Waals surface area contributed by atoms with Gasteiger partial charge in [0.15, 0.2) is 11.4 Å². The number of thiophene rings is 1. The second-order valence-electron chi connectivity index (χ2n) is 6.05. The lowest BCUT2D eigenvalue weighted by atomic mass is 10.1. The topological polar surface area (TPSA) is 99.2 Å². The Morgan fingerprint density at radius 1 is 1.32 bits per heavy atom. The van der Waals surface area contributed by atoms with Gasteiger partial charge < -0.3 is 14.5 Å². The fourth-order valence-electron chi connectivity index (χ4n) is 3.02. The van der Waals surface area contributed by atoms with Crippen LogP contribution in [0, 0.1) is 6.92 Å². The number of fused-ring (bicyclic) bond motifs is 1. The molecule has 4 aromatic heterocycles. The first kappa shape index (κ1) is 17.9. The van der Waals surface area contributed by atoms with Crippen LogP contribution in [0.2, 0.25) is 0 Å². The largest absolute Gasteiger partial charge is 0.465 e. The smallest absolute Gasteiger partial charge is 0.350 e. The molecule has 142 valence electrons. The molecule has 0 saturated heterocycles. The number of nitrogens with one attached hydrogen (secondary N) is 1. The van der Waals surface area contributed by atoms with E-state index in [9.17, 15) is 9.59 Å². The van der Waals surface area contributed by atoms with Crippen LogP contribution in [0.3, 0.4) is 0 Å². The second-order valence-corrected chi connectivity index (χ2v) is 6.97. The second kappa shape index (κ2) is 6.93. The van der Waals surface area contributed by atoms with Gasteiger partial charge >= 0.3 is 5.97 Å². The molecule has 0 atom stereocenters. The molecule has 4 aromatic rings. The summed E-state index contributed by atoms with van der Waals surface area (Å²) in [7, 11) is 3.07. The Bertz CT molecular complexity index is 1190. The summed E-state index contributed by atoms with van der Waals surface area (Å²) in [6.45, 7) is 1.82. The molecule has 0 bridgehead atoms. The molecular weight excluding hydrogens is 380 g/mol. The third-order valence-electron chi connectivity index (χ3n) is 4.27. The van der Waals surface area contributed by atoms with Crippen molar-refractivity contribution in [2.75, 3.05) is 12.4 Å². The van der Waals surface area contributed by atoms with Crippen LogP contribution >= 0.6 is 11.3 Å². The summed E-state index contributed by atoms with van der Waals surface area (Å²) in [4.78, 5) is 29.9. The Morgan fingerprint density at radius 3 is 2.86 bits per heavy atom. The third-order valence-corrected chi connectivity index (χ3v) is 5.17. The van der Waals surface area contributed by atoms with Crippen LogP contribution in [0.5, 0.6) is 0 Å². The summed E-state index contributed by atoms with van der Waals surface area (Å²) in [6.07, 6.45) is 1.55. The van der Waals surface area contributed by atoms with Gasteiger partial charge in [0.2, 0.25) is 0 Å². The normalized spacial score (nSPS) is 11.0. The van der Waals surface area contributed by atoms with E-state index in [4.69, 9.17) is 9.15 Å². The standard InChI is InChI=1S/C19H16N4O4S/c1-10-15-11(18(24)21-12-6-8-28-16(12)19(25)26-3)9-13(14-5-4-7-27-14)20-17(15)23(2)22-10/h4-9H,1-3H3,(H,21,24). The summed E-state index contributed by atoms with van der Waals surface area (Å²) in [5.41, 5.74) is 2.55. The molecule has 0 unspecified atom stereocenters. The van der Waals surface area contributed by atoms with Gasteiger partial charge in [0.25, 0.3) is 5.91 Å². The zero-order valence-electron chi connectivity index (χ0n) is 15.3. The van der Waals surface area contributed by atoms with E-state index in [-0.39, 0.29) is 5.91 Å². The van der Waals surface area contributed by atoms with E-state index < -0.39 is 5.97 Å². The lowest BCUT2D eigenvalue weighted by Gasteiger charge is -2.09. The van der Waals surface area contributed by atoms with E-state index in [1.165, 1.54) is 18.4 Å². The fourth-order valence-corrected chi connectivity index (χ4v) is 3.79. The molecule has 9 heteroatoms. The van der Waals surface area contributed by atoms with Crippen LogP contribution < -0.4 is 5.32 Å². The molecule has 0 radical (unpaired) electrons. The number of furan rings is 1. The number of ether oxygens (including phenoxy) is 1. The van der Waals surface area contributed by atoms with Crippen molar-refractivity contribution in [3.8, 4) is 11.5 Å². The van der Waals surface area contributed by atoms with Gasteiger partial charge in [-0.3, -0.25) is 9.48 Å². The Balaban J connectivity index is 1.82. The lowest BCUT2D eigenvalue weighted by Crippen LogP contribution is -2.15. The number of methoxy groups -OCH3 is 1. The van der Waals surface area contributed by atoms with Gasteiger partial charge in [-0.1, -0.05) is 0 Å². The van der Waals surface area contributed by atoms with Gasteiger partial charge in [-0.05, 0) is 36.6 Å². The minimum atomic E-state index is -0.501. The van der Waals surface area contributed by atoms with Crippen molar-refractivity contribution in [2.24, 2.45) is 7.05 Å². The number of pyridine rings is 1. The molecule has 4 rings (SSSR count). The lowest BCUT2D eigenvalue weighted by molar-refractivity contribution is 0.0607. The molecule has 8 nitrogen and oxygen atoms in total. The summed E-state index contributed by atoms with van der Waals surface area (Å²) in [6, 6.07) is 6.85. The summed E-state index contributed by atoms with van der Waals surface area (Å²) < 4.78 is 11.8. The number of hydrogen-bond acceptors (Lipinski definition) is 7. The number of nitrogens with zero attached hydrogens (tertiary/aromatic N) is 3. The number of aromatic nitrogens is 3. The Morgan fingerprint density at radius 2 is 2.14 bits per heavy atom. The highest BCUT2D eigenvalue weighted by atomic mass is 32.1. The van der Waals surface area contributed by atoms with E-state index in [1.807, 2.05) is 6.92 Å². The molecule has 0 spiro atoms. The van der Waals surface area contributed by atoms with Gasteiger partial charge in [-0.25, -0.2) is 9.78 Å². The Labute approximate surface area is 163 Å². The minimum Gasteiger partial charge on any atom is -0.465 e. The Kier molecular flexibility index (Phi) is 4.44. The van der Waals surface area contributed by atoms with Crippen molar-refractivity contribution in [2.45, 2.75) is 6.92 Å². The van der Waals surface area contributed by atoms with Gasteiger partial charge in [-0.15, -0.1) is 11.3 Å². The molecule has 4 heterocycles. The van der Waals surface area contributed by atoms with Gasteiger partial charge in [0.05, 0.1) is 35.7 Å². The molecule has 1 N–H and O–H groups in total. The van der Waals surface area contributed by atoms with E-state index in [2.05, 4.69) is 15.4 Å². The predicted octanol–water partition coefficient (Wildman–Crippen LogP) is 3.64. The number of carbonyl (C=O) groups is 2. The molecule has 1 amide bonds. The molecule has 0 fully saturated rings. The fraction of sp³-hybridized carbons (Fsp3) is 0.158. The average molecular weight is 396 g/mol. The van der Waals surface area contributed by atoms with E-state index in [0.29, 0.717) is 44.3 Å². The minimum absolute atomic E-state index is 0.329. The van der Waals surface area contributed by atoms with Crippen LogP contribution in [-0.4, -0.2) is 33.8 Å². The van der Waals surface area contributed by atoms with Crippen LogP contribution in [0.15, 0.2) is 40.3 Å². The maximum absolute atomic E-state index is 13.1. The first-order valence-corrected chi connectivity index (χ1v) is 9.23. The molecule has 0 aliphatic rings. The van der Waals surface area contributed by atoms with Gasteiger partial charge in [-0.2, -0.15) is 5.10 Å². The van der Waals surface area contributed by atoms with Crippen LogP contribution in [0.25, 0.3) is 22.5 Å². The number of carbonyl (C=O) groups excluding carboxylic acids is 2. The van der Waals surface area contributed by atoms with E-state index in [0.717, 1.165) is 0 Å². The highest BCUT2D eigenvalue weighted by molar-refractivity contribution is 7.12. The Hall–Kier alpha value is -3.46. The van der Waals surface area contributed by atoms with Crippen molar-refractivity contribution in [1.82, 2.24) is 14.8 Å². The molecule has 0 aromatic carbocycles. The molecule has 0 aliphatic heterocycles. The molecule has 0 saturated carbocycles. The van der Waals surface area contributed by atoms with Crippen molar-refractivity contribution in [3.63, 3.8) is 0 Å². The van der Waals surface area contributed by atoms with Crippen molar-refractivity contribution >= 4 is 39.9 Å². The SMILES string of the molecule is COC(=O)c1sccc1NC(=O)c1cc(-c2ccco2)nc2c1c(C)nn2C. The first-order chi connectivity index (χ1) is 13.5. The molecule has 28 heavy (non-hydrogen) atoms. The van der Waals surface area contributed by atoms with E-state index >= 15 is 0 Å². The van der Waals surface area contributed by atoms with E-state index in [1.54, 1.807) is 47.6 Å². The van der Waals surface area contributed by atoms with Gasteiger partial charge in [0.1, 0.15) is 10.6 Å². The first-order valence-electron chi connectivity index (χ1n) is 8.35. The maximum atomic E-state index is 13.1. The predicted molar refractivity (Wildman–Crippen MR) is 105 cm³/mol. The van der Waals surface area contributed by atoms with Crippen molar-refractivity contribution < 1.29 is 18.7 Å². The zero-order chi connectivity index (χ0) is 19.8. The number of amides is 1. The summed E-state index contributed by atoms with van der Waals surface area (Å²) in [5.74, 6) is -0.334. The van der Waals surface area contributed by atoms with Crippen molar-refractivity contribution in [1.29, 1.82) is 0 Å². The number of esters is 1. The number of hydrogen-bond donors (Lipinski definition) is 1. The van der Waals surface area contributed by atoms with Gasteiger partial charge in [0, 0.05) is 7.05 Å². The number of anilines is 1.